The van der Waals surface area contributed by atoms with Crippen molar-refractivity contribution in [3.8, 4) is 5.75 Å². The van der Waals surface area contributed by atoms with Crippen molar-refractivity contribution in [1.82, 2.24) is 0 Å². The number of ether oxygens (including phenoxy) is 1. The molecule has 0 unspecified atom stereocenters. The van der Waals surface area contributed by atoms with Crippen LogP contribution in [-0.2, 0) is 13.7 Å². The Labute approximate surface area is 203 Å². The van der Waals surface area contributed by atoms with Crippen LogP contribution in [-0.4, -0.2) is 15.5 Å². The average molecular weight is 493 g/mol. The second kappa shape index (κ2) is 9.66. The Morgan fingerprint density at radius 3 is 1.50 bits per heavy atom. The van der Waals surface area contributed by atoms with E-state index in [1.54, 1.807) is 31.4 Å². The predicted octanol–water partition coefficient (Wildman–Crippen LogP) is 7.22. The zero-order chi connectivity index (χ0) is 24.3. The molecule has 4 aromatic rings. The molecular weight excluding hydrogens is 464 g/mol. The molecule has 0 atom stereocenters. The molecule has 4 aromatic carbocycles. The Bertz CT molecular complexity index is 1320. The highest BCUT2D eigenvalue weighted by Crippen LogP contribution is 2.70. The fourth-order valence-electron chi connectivity index (χ4n) is 4.03. The lowest BCUT2D eigenvalue weighted by Gasteiger charge is -2.40. The predicted molar refractivity (Wildman–Crippen MR) is 137 cm³/mol. The van der Waals surface area contributed by atoms with Gasteiger partial charge in [-0.2, -0.15) is 8.42 Å². The first-order valence-electron chi connectivity index (χ1n) is 10.9. The Kier molecular flexibility index (Phi) is 6.84. The lowest BCUT2D eigenvalue weighted by molar-refractivity contribution is 0.408. The van der Waals surface area contributed by atoms with Crippen molar-refractivity contribution in [3.05, 3.63) is 114 Å². The van der Waals surface area contributed by atoms with Gasteiger partial charge in [0.1, 0.15) is 5.75 Å². The fourth-order valence-corrected chi connectivity index (χ4v) is 9.41. The van der Waals surface area contributed by atoms with Crippen molar-refractivity contribution in [2.45, 2.75) is 40.4 Å². The molecule has 0 heterocycles. The van der Waals surface area contributed by atoms with E-state index < -0.39 is 20.4 Å². The molecule has 0 fully saturated rings. The molecule has 0 bridgehead atoms. The molecule has 0 N–H and O–H groups in total. The van der Waals surface area contributed by atoms with E-state index in [0.717, 1.165) is 37.1 Å². The highest BCUT2D eigenvalue weighted by molar-refractivity contribution is 8.33. The maximum Gasteiger partial charge on any atom is 0.307 e. The maximum atomic E-state index is 13.7. The SMILES string of the molecule is COc1c(C)cc(S(OS(=O)(=O)c2ccc(C)cc2)(c2ccccc2)c2ccccc2)cc1C. The summed E-state index contributed by atoms with van der Waals surface area (Å²) in [4.78, 5) is 2.50. The summed E-state index contributed by atoms with van der Waals surface area (Å²) in [5, 5.41) is 0. The van der Waals surface area contributed by atoms with E-state index in [1.807, 2.05) is 93.6 Å². The van der Waals surface area contributed by atoms with Crippen LogP contribution in [0.1, 0.15) is 16.7 Å². The van der Waals surface area contributed by atoms with Crippen LogP contribution in [0.25, 0.3) is 0 Å². The molecule has 0 radical (unpaired) electrons. The first-order valence-corrected chi connectivity index (χ1v) is 13.9. The van der Waals surface area contributed by atoms with Crippen LogP contribution >= 0.6 is 10.3 Å². The van der Waals surface area contributed by atoms with Crippen LogP contribution < -0.4 is 4.74 Å². The number of methoxy groups -OCH3 is 1. The van der Waals surface area contributed by atoms with E-state index in [1.165, 1.54) is 0 Å². The highest BCUT2D eigenvalue weighted by Gasteiger charge is 2.38. The van der Waals surface area contributed by atoms with Crippen LogP contribution in [0.2, 0.25) is 0 Å². The monoisotopic (exact) mass is 492 g/mol. The molecule has 0 aliphatic heterocycles. The molecule has 176 valence electrons. The number of hydrogen-bond acceptors (Lipinski definition) is 4. The Morgan fingerprint density at radius 1 is 0.588 bits per heavy atom. The van der Waals surface area contributed by atoms with Crippen LogP contribution in [0.5, 0.6) is 5.75 Å². The summed E-state index contributed by atoms with van der Waals surface area (Å²) in [5.74, 6) is 0.777. The van der Waals surface area contributed by atoms with Gasteiger partial charge in [-0.1, -0.05) is 54.1 Å². The molecule has 6 heteroatoms. The van der Waals surface area contributed by atoms with Gasteiger partial charge < -0.3 is 4.74 Å². The molecule has 0 saturated heterocycles. The minimum Gasteiger partial charge on any atom is -0.496 e. The summed E-state index contributed by atoms with van der Waals surface area (Å²) in [7, 11) is -5.14. The van der Waals surface area contributed by atoms with Crippen LogP contribution in [0, 0.1) is 20.8 Å². The second-order valence-electron chi connectivity index (χ2n) is 8.11. The van der Waals surface area contributed by atoms with Crippen LogP contribution in [0.15, 0.2) is 117 Å². The lowest BCUT2D eigenvalue weighted by Crippen LogP contribution is -2.15. The largest absolute Gasteiger partial charge is 0.496 e. The van der Waals surface area contributed by atoms with Gasteiger partial charge in [-0.05, 0) is 90.7 Å². The summed E-state index contributed by atoms with van der Waals surface area (Å²) >= 11 is 0. The van der Waals surface area contributed by atoms with E-state index in [0.29, 0.717) is 0 Å². The van der Waals surface area contributed by atoms with E-state index in [2.05, 4.69) is 0 Å². The van der Waals surface area contributed by atoms with Crippen molar-refractivity contribution in [2.24, 2.45) is 0 Å². The van der Waals surface area contributed by atoms with Gasteiger partial charge in [0, 0.05) is 14.7 Å². The molecule has 0 aliphatic rings. The van der Waals surface area contributed by atoms with E-state index in [-0.39, 0.29) is 4.90 Å². The van der Waals surface area contributed by atoms with E-state index in [9.17, 15) is 8.42 Å². The number of rotatable bonds is 7. The van der Waals surface area contributed by atoms with Crippen LogP contribution in [0.3, 0.4) is 0 Å². The molecule has 4 rings (SSSR count). The van der Waals surface area contributed by atoms with Crippen LogP contribution in [0.4, 0.5) is 0 Å². The molecule has 0 amide bonds. The number of hydrogen-bond donors (Lipinski definition) is 0. The maximum absolute atomic E-state index is 13.7. The zero-order valence-corrected chi connectivity index (χ0v) is 21.3. The summed E-state index contributed by atoms with van der Waals surface area (Å²) < 4.78 is 39.5. The van der Waals surface area contributed by atoms with E-state index in [4.69, 9.17) is 8.37 Å². The summed E-state index contributed by atoms with van der Waals surface area (Å²) in [6.07, 6.45) is 0. The van der Waals surface area contributed by atoms with Crippen molar-refractivity contribution in [1.29, 1.82) is 0 Å². The molecule has 4 nitrogen and oxygen atoms in total. The minimum absolute atomic E-state index is 0.129. The fraction of sp³-hybridized carbons (Fsp3) is 0.143. The first kappa shape index (κ1) is 24.1. The third-order valence-electron chi connectivity index (χ3n) is 5.62. The lowest BCUT2D eigenvalue weighted by atomic mass is 10.1. The second-order valence-corrected chi connectivity index (χ2v) is 12.6. The third-order valence-corrected chi connectivity index (χ3v) is 10.8. The van der Waals surface area contributed by atoms with Gasteiger partial charge in [-0.15, -0.1) is 0 Å². The normalized spacial score (nSPS) is 12.4. The zero-order valence-electron chi connectivity index (χ0n) is 19.7. The van der Waals surface area contributed by atoms with Crippen molar-refractivity contribution < 1.29 is 16.8 Å². The number of benzene rings is 4. The number of aryl methyl sites for hydroxylation is 3. The molecule has 0 saturated carbocycles. The van der Waals surface area contributed by atoms with Crippen molar-refractivity contribution in [2.75, 3.05) is 7.11 Å². The summed E-state index contributed by atoms with van der Waals surface area (Å²) in [6.45, 7) is 5.84. The summed E-state index contributed by atoms with van der Waals surface area (Å²) in [5.41, 5.74) is 2.81. The topological polar surface area (TPSA) is 52.6 Å². The van der Waals surface area contributed by atoms with E-state index >= 15 is 0 Å². The Hall–Kier alpha value is -3.06. The molecular formula is C28H28O4S2. The quantitative estimate of drug-likeness (QED) is 0.273. The van der Waals surface area contributed by atoms with Gasteiger partial charge in [-0.25, -0.2) is 3.63 Å². The average Bonchev–Trinajstić information content (AvgIpc) is 2.84. The summed E-state index contributed by atoms with van der Waals surface area (Å²) in [6, 6.07) is 29.9. The Balaban J connectivity index is 2.05. The van der Waals surface area contributed by atoms with Gasteiger partial charge in [0.15, 0.2) is 0 Å². The van der Waals surface area contributed by atoms with Gasteiger partial charge in [0.2, 0.25) is 0 Å². The first-order chi connectivity index (χ1) is 16.3. The van der Waals surface area contributed by atoms with Gasteiger partial charge in [-0.3, -0.25) is 0 Å². The highest BCUT2D eigenvalue weighted by atomic mass is 32.3. The third kappa shape index (κ3) is 4.49. The van der Waals surface area contributed by atoms with Gasteiger partial charge >= 0.3 is 10.1 Å². The van der Waals surface area contributed by atoms with Crippen molar-refractivity contribution in [3.63, 3.8) is 0 Å². The molecule has 0 aliphatic carbocycles. The smallest absolute Gasteiger partial charge is 0.307 e. The molecule has 0 spiro atoms. The minimum atomic E-state index is -4.11. The van der Waals surface area contributed by atoms with Gasteiger partial charge in [0.25, 0.3) is 0 Å². The standard InChI is InChI=1S/C28H28O4S2/c1-21-15-17-26(18-16-21)34(29,30)32-33(24-11-7-5-8-12-24,25-13-9-6-10-14-25)27-19-22(2)28(31-4)23(3)20-27/h5-20H,1-4H3. The van der Waals surface area contributed by atoms with Crippen molar-refractivity contribution >= 4 is 20.4 Å². The molecule has 34 heavy (non-hydrogen) atoms. The van der Waals surface area contributed by atoms with Gasteiger partial charge in [0.05, 0.1) is 12.0 Å². The molecule has 0 aromatic heterocycles. The Morgan fingerprint density at radius 2 is 1.06 bits per heavy atom.